The summed E-state index contributed by atoms with van der Waals surface area (Å²) in [6.45, 7) is 0.775. The quantitative estimate of drug-likeness (QED) is 0.894. The van der Waals surface area contributed by atoms with Gasteiger partial charge in [-0.2, -0.15) is 0 Å². The van der Waals surface area contributed by atoms with Gasteiger partial charge in [-0.3, -0.25) is 0 Å². The molecule has 0 aromatic heterocycles. The highest BCUT2D eigenvalue weighted by Gasteiger charge is 2.21. The van der Waals surface area contributed by atoms with Gasteiger partial charge in [0.1, 0.15) is 0 Å². The summed E-state index contributed by atoms with van der Waals surface area (Å²) < 4.78 is 19.5. The lowest BCUT2D eigenvalue weighted by Crippen LogP contribution is -2.15. The van der Waals surface area contributed by atoms with Gasteiger partial charge in [-0.05, 0) is 30.0 Å². The van der Waals surface area contributed by atoms with Crippen LogP contribution in [-0.4, -0.2) is 13.2 Å². The maximum atomic E-state index is 14.4. The molecule has 0 aliphatic heterocycles. The lowest BCUT2D eigenvalue weighted by molar-refractivity contribution is 0.387. The third-order valence-electron chi connectivity index (χ3n) is 3.65. The highest BCUT2D eigenvalue weighted by atomic mass is 19.1. The van der Waals surface area contributed by atoms with Crippen molar-refractivity contribution in [2.24, 2.45) is 0 Å². The van der Waals surface area contributed by atoms with Crippen molar-refractivity contribution in [1.82, 2.24) is 5.32 Å². The monoisotopic (exact) mass is 271 g/mol. The van der Waals surface area contributed by atoms with E-state index in [1.807, 2.05) is 30.3 Å². The number of methoxy groups -OCH3 is 1. The van der Waals surface area contributed by atoms with Crippen molar-refractivity contribution in [3.05, 3.63) is 53.8 Å². The summed E-state index contributed by atoms with van der Waals surface area (Å²) in [5.74, 6) is -0.0127. The van der Waals surface area contributed by atoms with Gasteiger partial charge in [0, 0.05) is 18.2 Å². The largest absolute Gasteiger partial charge is 0.494 e. The van der Waals surface area contributed by atoms with Crippen LogP contribution in [0.1, 0.15) is 18.4 Å². The van der Waals surface area contributed by atoms with Crippen molar-refractivity contribution >= 4 is 0 Å². The van der Waals surface area contributed by atoms with E-state index in [0.29, 0.717) is 11.6 Å². The van der Waals surface area contributed by atoms with E-state index in [9.17, 15) is 4.39 Å². The fourth-order valence-corrected chi connectivity index (χ4v) is 2.36. The number of hydrogen-bond donors (Lipinski definition) is 1. The highest BCUT2D eigenvalue weighted by molar-refractivity contribution is 5.69. The molecule has 0 spiro atoms. The van der Waals surface area contributed by atoms with E-state index in [1.54, 1.807) is 12.1 Å². The molecule has 3 heteroatoms. The molecule has 1 N–H and O–H groups in total. The number of benzene rings is 2. The molecule has 0 radical (unpaired) electrons. The minimum atomic E-state index is -0.297. The average molecular weight is 271 g/mol. The Balaban J connectivity index is 1.96. The molecule has 2 nitrogen and oxygen atoms in total. The van der Waals surface area contributed by atoms with Gasteiger partial charge in [0.25, 0.3) is 0 Å². The molecule has 1 aliphatic carbocycles. The molecule has 1 saturated carbocycles. The SMILES string of the molecule is COc1cccc(-c2ccccc2CNC2CC2)c1F. The van der Waals surface area contributed by atoms with E-state index in [4.69, 9.17) is 4.74 Å². The summed E-state index contributed by atoms with van der Waals surface area (Å²) in [5, 5.41) is 3.48. The molecule has 0 unspecified atom stereocenters. The minimum absolute atomic E-state index is 0.285. The molecule has 104 valence electrons. The first-order valence-electron chi connectivity index (χ1n) is 6.94. The molecule has 2 aromatic rings. The van der Waals surface area contributed by atoms with Crippen LogP contribution in [0, 0.1) is 5.82 Å². The van der Waals surface area contributed by atoms with E-state index in [1.165, 1.54) is 20.0 Å². The van der Waals surface area contributed by atoms with Gasteiger partial charge < -0.3 is 10.1 Å². The van der Waals surface area contributed by atoms with E-state index in [-0.39, 0.29) is 11.6 Å². The Hall–Kier alpha value is -1.87. The maximum absolute atomic E-state index is 14.4. The van der Waals surface area contributed by atoms with Crippen molar-refractivity contribution in [1.29, 1.82) is 0 Å². The van der Waals surface area contributed by atoms with Crippen LogP contribution in [0.2, 0.25) is 0 Å². The van der Waals surface area contributed by atoms with Crippen molar-refractivity contribution in [2.45, 2.75) is 25.4 Å². The lowest BCUT2D eigenvalue weighted by atomic mass is 9.99. The maximum Gasteiger partial charge on any atom is 0.172 e. The van der Waals surface area contributed by atoms with Crippen molar-refractivity contribution in [3.63, 3.8) is 0 Å². The van der Waals surface area contributed by atoms with Gasteiger partial charge in [0.2, 0.25) is 0 Å². The third kappa shape index (κ3) is 2.68. The van der Waals surface area contributed by atoms with Crippen LogP contribution in [0.25, 0.3) is 11.1 Å². The van der Waals surface area contributed by atoms with Gasteiger partial charge in [-0.15, -0.1) is 0 Å². The van der Waals surface area contributed by atoms with Gasteiger partial charge in [0.05, 0.1) is 7.11 Å². The van der Waals surface area contributed by atoms with Crippen molar-refractivity contribution in [3.8, 4) is 16.9 Å². The van der Waals surface area contributed by atoms with Crippen LogP contribution in [0.15, 0.2) is 42.5 Å². The molecule has 0 saturated heterocycles. The molecule has 0 heterocycles. The Bertz CT molecular complexity index is 608. The molecule has 20 heavy (non-hydrogen) atoms. The van der Waals surface area contributed by atoms with Crippen LogP contribution in [-0.2, 0) is 6.54 Å². The summed E-state index contributed by atoms with van der Waals surface area (Å²) in [6.07, 6.45) is 2.49. The zero-order chi connectivity index (χ0) is 13.9. The fourth-order valence-electron chi connectivity index (χ4n) is 2.36. The minimum Gasteiger partial charge on any atom is -0.494 e. The van der Waals surface area contributed by atoms with Crippen LogP contribution < -0.4 is 10.1 Å². The summed E-state index contributed by atoms with van der Waals surface area (Å²) in [7, 11) is 1.49. The van der Waals surface area contributed by atoms with Crippen LogP contribution in [0.5, 0.6) is 5.75 Å². The fraction of sp³-hybridized carbons (Fsp3) is 0.294. The Morgan fingerprint density at radius 2 is 1.85 bits per heavy atom. The molecule has 2 aromatic carbocycles. The first-order chi connectivity index (χ1) is 9.79. The van der Waals surface area contributed by atoms with E-state index in [2.05, 4.69) is 5.32 Å². The molecule has 1 aliphatic rings. The molecule has 0 amide bonds. The van der Waals surface area contributed by atoms with Crippen molar-refractivity contribution < 1.29 is 9.13 Å². The number of hydrogen-bond acceptors (Lipinski definition) is 2. The normalized spacial score (nSPS) is 14.3. The Labute approximate surface area is 118 Å². The van der Waals surface area contributed by atoms with Crippen LogP contribution in [0.4, 0.5) is 4.39 Å². The number of ether oxygens (including phenoxy) is 1. The summed E-state index contributed by atoms with van der Waals surface area (Å²) in [4.78, 5) is 0. The van der Waals surface area contributed by atoms with Crippen LogP contribution in [0.3, 0.4) is 0 Å². The molecule has 0 atom stereocenters. The number of rotatable bonds is 5. The van der Waals surface area contributed by atoms with Gasteiger partial charge in [-0.1, -0.05) is 36.4 Å². The molecule has 3 rings (SSSR count). The average Bonchev–Trinajstić information content (AvgIpc) is 3.30. The first kappa shape index (κ1) is 13.1. The predicted molar refractivity (Wildman–Crippen MR) is 78.2 cm³/mol. The Morgan fingerprint density at radius 1 is 1.10 bits per heavy atom. The predicted octanol–water partition coefficient (Wildman–Crippen LogP) is 3.75. The molecular weight excluding hydrogens is 253 g/mol. The Kier molecular flexibility index (Phi) is 3.70. The smallest absolute Gasteiger partial charge is 0.172 e. The molecular formula is C17H18FNO. The van der Waals surface area contributed by atoms with E-state index < -0.39 is 0 Å². The van der Waals surface area contributed by atoms with E-state index in [0.717, 1.165) is 17.7 Å². The molecule has 1 fully saturated rings. The summed E-state index contributed by atoms with van der Waals surface area (Å²) in [5.41, 5.74) is 2.64. The first-order valence-corrected chi connectivity index (χ1v) is 6.94. The topological polar surface area (TPSA) is 21.3 Å². The second kappa shape index (κ2) is 5.63. The summed E-state index contributed by atoms with van der Waals surface area (Å²) >= 11 is 0. The van der Waals surface area contributed by atoms with Gasteiger partial charge in [-0.25, -0.2) is 4.39 Å². The number of nitrogens with one attached hydrogen (secondary N) is 1. The summed E-state index contributed by atoms with van der Waals surface area (Å²) in [6, 6.07) is 13.8. The molecule has 0 bridgehead atoms. The number of halogens is 1. The second-order valence-electron chi connectivity index (χ2n) is 5.13. The lowest BCUT2D eigenvalue weighted by Gasteiger charge is -2.12. The zero-order valence-corrected chi connectivity index (χ0v) is 11.5. The third-order valence-corrected chi connectivity index (χ3v) is 3.65. The van der Waals surface area contributed by atoms with Gasteiger partial charge in [0.15, 0.2) is 11.6 Å². The zero-order valence-electron chi connectivity index (χ0n) is 11.5. The second-order valence-corrected chi connectivity index (χ2v) is 5.13. The standard InChI is InChI=1S/C17H18FNO/c1-20-16-8-4-7-15(17(16)18)14-6-3-2-5-12(14)11-19-13-9-10-13/h2-8,13,19H,9-11H2,1H3. The van der Waals surface area contributed by atoms with Crippen LogP contribution >= 0.6 is 0 Å². The van der Waals surface area contributed by atoms with Gasteiger partial charge >= 0.3 is 0 Å². The van der Waals surface area contributed by atoms with E-state index >= 15 is 0 Å². The Morgan fingerprint density at radius 3 is 2.60 bits per heavy atom. The highest BCUT2D eigenvalue weighted by Crippen LogP contribution is 2.31. The van der Waals surface area contributed by atoms with Crippen molar-refractivity contribution in [2.75, 3.05) is 7.11 Å².